The van der Waals surface area contributed by atoms with Crippen molar-refractivity contribution in [3.63, 3.8) is 0 Å². The van der Waals surface area contributed by atoms with Gasteiger partial charge in [0.1, 0.15) is 0 Å². The van der Waals surface area contributed by atoms with E-state index in [1.807, 2.05) is 24.3 Å². The third kappa shape index (κ3) is 3.13. The second-order valence-corrected chi connectivity index (χ2v) is 6.15. The standard InChI is InChI=1S/C16H24ClNO/c1-3-16(2,18-11-5-4-6-12-18)15(19)13-7-9-14(17)10-8-13/h7-10,15,19H,3-6,11-12H2,1-2H3. The molecule has 0 spiro atoms. The summed E-state index contributed by atoms with van der Waals surface area (Å²) in [5.74, 6) is 0. The van der Waals surface area contributed by atoms with Crippen LogP contribution in [0.5, 0.6) is 0 Å². The highest BCUT2D eigenvalue weighted by Gasteiger charge is 2.38. The van der Waals surface area contributed by atoms with Crippen molar-refractivity contribution >= 4 is 11.6 Å². The highest BCUT2D eigenvalue weighted by atomic mass is 35.5. The van der Waals surface area contributed by atoms with Crippen LogP contribution in [0.2, 0.25) is 5.02 Å². The number of likely N-dealkylation sites (tertiary alicyclic amines) is 1. The monoisotopic (exact) mass is 281 g/mol. The molecule has 2 nitrogen and oxygen atoms in total. The van der Waals surface area contributed by atoms with Crippen molar-refractivity contribution in [2.24, 2.45) is 0 Å². The Bertz CT molecular complexity index is 400. The molecule has 0 saturated carbocycles. The number of rotatable bonds is 4. The fourth-order valence-electron chi connectivity index (χ4n) is 3.00. The number of benzene rings is 1. The molecule has 1 aromatic rings. The first-order valence-electron chi connectivity index (χ1n) is 7.26. The maximum atomic E-state index is 10.8. The zero-order valence-corrected chi connectivity index (χ0v) is 12.7. The lowest BCUT2D eigenvalue weighted by Crippen LogP contribution is -2.52. The van der Waals surface area contributed by atoms with Crippen LogP contribution in [0, 0.1) is 0 Å². The second kappa shape index (κ2) is 6.25. The van der Waals surface area contributed by atoms with E-state index in [2.05, 4.69) is 18.7 Å². The van der Waals surface area contributed by atoms with Gasteiger partial charge in [-0.3, -0.25) is 4.90 Å². The molecule has 19 heavy (non-hydrogen) atoms. The lowest BCUT2D eigenvalue weighted by atomic mass is 9.84. The fraction of sp³-hybridized carbons (Fsp3) is 0.625. The molecule has 0 aromatic heterocycles. The molecule has 3 heteroatoms. The van der Waals surface area contributed by atoms with Gasteiger partial charge in [0.05, 0.1) is 6.10 Å². The van der Waals surface area contributed by atoms with Crippen molar-refractivity contribution in [3.05, 3.63) is 34.9 Å². The van der Waals surface area contributed by atoms with Crippen LogP contribution in [0.1, 0.15) is 51.2 Å². The van der Waals surface area contributed by atoms with Crippen molar-refractivity contribution in [2.75, 3.05) is 13.1 Å². The molecule has 2 atom stereocenters. The third-order valence-electron chi connectivity index (χ3n) is 4.57. The molecule has 1 aliphatic rings. The summed E-state index contributed by atoms with van der Waals surface area (Å²) in [6.45, 7) is 6.52. The summed E-state index contributed by atoms with van der Waals surface area (Å²) >= 11 is 5.92. The van der Waals surface area contributed by atoms with Gasteiger partial charge in [-0.1, -0.05) is 37.1 Å². The predicted octanol–water partition coefficient (Wildman–Crippen LogP) is 4.03. The number of halogens is 1. The lowest BCUT2D eigenvalue weighted by molar-refractivity contribution is -0.0352. The number of piperidine rings is 1. The lowest BCUT2D eigenvalue weighted by Gasteiger charge is -2.46. The number of aliphatic hydroxyl groups excluding tert-OH is 1. The summed E-state index contributed by atoms with van der Waals surface area (Å²) in [5, 5.41) is 11.5. The number of nitrogens with zero attached hydrogens (tertiary/aromatic N) is 1. The van der Waals surface area contributed by atoms with Gasteiger partial charge in [0, 0.05) is 10.6 Å². The highest BCUT2D eigenvalue weighted by Crippen LogP contribution is 2.36. The van der Waals surface area contributed by atoms with E-state index in [0.717, 1.165) is 25.1 Å². The highest BCUT2D eigenvalue weighted by molar-refractivity contribution is 6.30. The Morgan fingerprint density at radius 3 is 2.32 bits per heavy atom. The third-order valence-corrected chi connectivity index (χ3v) is 4.82. The van der Waals surface area contributed by atoms with Gasteiger partial charge < -0.3 is 5.11 Å². The van der Waals surface area contributed by atoms with Gasteiger partial charge in [-0.15, -0.1) is 0 Å². The van der Waals surface area contributed by atoms with E-state index in [1.54, 1.807) is 0 Å². The Hall–Kier alpha value is -0.570. The van der Waals surface area contributed by atoms with Gasteiger partial charge in [-0.05, 0) is 57.0 Å². The molecule has 0 radical (unpaired) electrons. The van der Waals surface area contributed by atoms with Gasteiger partial charge in [0.15, 0.2) is 0 Å². The van der Waals surface area contributed by atoms with Crippen LogP contribution in [0.3, 0.4) is 0 Å². The molecule has 2 rings (SSSR count). The second-order valence-electron chi connectivity index (χ2n) is 5.71. The van der Waals surface area contributed by atoms with E-state index >= 15 is 0 Å². The summed E-state index contributed by atoms with van der Waals surface area (Å²) in [4.78, 5) is 2.45. The normalized spacial score (nSPS) is 21.9. The smallest absolute Gasteiger partial charge is 0.0970 e. The molecule has 0 bridgehead atoms. The zero-order valence-electron chi connectivity index (χ0n) is 11.9. The van der Waals surface area contributed by atoms with E-state index in [0.29, 0.717) is 5.02 Å². The van der Waals surface area contributed by atoms with E-state index in [9.17, 15) is 5.11 Å². The predicted molar refractivity (Wildman–Crippen MR) is 80.5 cm³/mol. The van der Waals surface area contributed by atoms with E-state index in [-0.39, 0.29) is 5.54 Å². The first-order chi connectivity index (χ1) is 9.08. The molecule has 106 valence electrons. The molecule has 1 heterocycles. The fourth-order valence-corrected chi connectivity index (χ4v) is 3.12. The Morgan fingerprint density at radius 2 is 1.79 bits per heavy atom. The van der Waals surface area contributed by atoms with Gasteiger partial charge >= 0.3 is 0 Å². The maximum absolute atomic E-state index is 10.8. The van der Waals surface area contributed by atoms with E-state index in [1.165, 1.54) is 19.3 Å². The molecule has 1 aromatic carbocycles. The molecule has 1 fully saturated rings. The Balaban J connectivity index is 2.21. The quantitative estimate of drug-likeness (QED) is 0.901. The van der Waals surface area contributed by atoms with Gasteiger partial charge in [-0.2, -0.15) is 0 Å². The van der Waals surface area contributed by atoms with Crippen LogP contribution in [0.15, 0.2) is 24.3 Å². The molecule has 2 unspecified atom stereocenters. The van der Waals surface area contributed by atoms with Crippen LogP contribution < -0.4 is 0 Å². The molecule has 1 saturated heterocycles. The summed E-state index contributed by atoms with van der Waals surface area (Å²) < 4.78 is 0. The van der Waals surface area contributed by atoms with Crippen molar-refractivity contribution in [2.45, 2.75) is 51.2 Å². The molecular formula is C16H24ClNO. The van der Waals surface area contributed by atoms with Crippen LogP contribution >= 0.6 is 11.6 Å². The average Bonchev–Trinajstić information content (AvgIpc) is 2.47. The SMILES string of the molecule is CCC(C)(C(O)c1ccc(Cl)cc1)N1CCCCC1. The molecule has 0 amide bonds. The molecule has 1 N–H and O–H groups in total. The number of hydrogen-bond acceptors (Lipinski definition) is 2. The topological polar surface area (TPSA) is 23.5 Å². The summed E-state index contributed by atoms with van der Waals surface area (Å²) in [6, 6.07) is 7.58. The van der Waals surface area contributed by atoms with Gasteiger partial charge in [-0.25, -0.2) is 0 Å². The van der Waals surface area contributed by atoms with E-state index < -0.39 is 6.10 Å². The van der Waals surface area contributed by atoms with Gasteiger partial charge in [0.2, 0.25) is 0 Å². The average molecular weight is 282 g/mol. The first kappa shape index (κ1) is 14.8. The first-order valence-corrected chi connectivity index (χ1v) is 7.64. The van der Waals surface area contributed by atoms with Crippen molar-refractivity contribution in [1.82, 2.24) is 4.90 Å². The summed E-state index contributed by atoms with van der Waals surface area (Å²) in [5.41, 5.74) is 0.771. The maximum Gasteiger partial charge on any atom is 0.0970 e. The number of hydrogen-bond donors (Lipinski definition) is 1. The van der Waals surface area contributed by atoms with Crippen LogP contribution in [-0.2, 0) is 0 Å². The minimum atomic E-state index is -0.465. The molecule has 0 aliphatic carbocycles. The summed E-state index contributed by atoms with van der Waals surface area (Å²) in [6.07, 6.45) is 4.27. The Morgan fingerprint density at radius 1 is 1.21 bits per heavy atom. The Labute approximate surface area is 121 Å². The van der Waals surface area contributed by atoms with Crippen molar-refractivity contribution in [1.29, 1.82) is 0 Å². The summed E-state index contributed by atoms with van der Waals surface area (Å²) in [7, 11) is 0. The number of aliphatic hydroxyl groups is 1. The van der Waals surface area contributed by atoms with Crippen molar-refractivity contribution in [3.8, 4) is 0 Å². The van der Waals surface area contributed by atoms with E-state index in [4.69, 9.17) is 11.6 Å². The van der Waals surface area contributed by atoms with Crippen LogP contribution in [-0.4, -0.2) is 28.6 Å². The minimum Gasteiger partial charge on any atom is -0.386 e. The largest absolute Gasteiger partial charge is 0.386 e. The molecular weight excluding hydrogens is 258 g/mol. The van der Waals surface area contributed by atoms with Gasteiger partial charge in [0.25, 0.3) is 0 Å². The van der Waals surface area contributed by atoms with Crippen LogP contribution in [0.25, 0.3) is 0 Å². The Kier molecular flexibility index (Phi) is 4.88. The molecule has 1 aliphatic heterocycles. The zero-order chi connectivity index (χ0) is 13.9. The van der Waals surface area contributed by atoms with Crippen molar-refractivity contribution < 1.29 is 5.11 Å². The van der Waals surface area contributed by atoms with Crippen LogP contribution in [0.4, 0.5) is 0 Å². The minimum absolute atomic E-state index is 0.186.